The van der Waals surface area contributed by atoms with Crippen molar-refractivity contribution < 1.29 is 14.6 Å². The van der Waals surface area contributed by atoms with Gasteiger partial charge in [-0.3, -0.25) is 0 Å². The lowest BCUT2D eigenvalue weighted by Crippen LogP contribution is -2.37. The van der Waals surface area contributed by atoms with Gasteiger partial charge in [0.1, 0.15) is 11.2 Å². The highest BCUT2D eigenvalue weighted by atomic mass is 16.7. The number of benzene rings is 3. The molecule has 2 atom stereocenters. The van der Waals surface area contributed by atoms with Crippen LogP contribution in [0.25, 0.3) is 0 Å². The Morgan fingerprint density at radius 2 is 1.47 bits per heavy atom. The van der Waals surface area contributed by atoms with Crippen LogP contribution in [0.4, 0.5) is 0 Å². The first-order valence-electron chi connectivity index (χ1n) is 11.2. The maximum absolute atomic E-state index is 11.9. The summed E-state index contributed by atoms with van der Waals surface area (Å²) in [6.07, 6.45) is 9.21. The van der Waals surface area contributed by atoms with Gasteiger partial charge in [0.15, 0.2) is 6.29 Å². The van der Waals surface area contributed by atoms with Crippen molar-refractivity contribution in [3.63, 3.8) is 0 Å². The van der Waals surface area contributed by atoms with Crippen molar-refractivity contribution in [3.05, 3.63) is 107 Å². The van der Waals surface area contributed by atoms with E-state index in [0.29, 0.717) is 6.42 Å². The summed E-state index contributed by atoms with van der Waals surface area (Å²) in [7, 11) is 0. The molecule has 2 unspecified atom stereocenters. The minimum atomic E-state index is -1.25. The molecule has 4 rings (SSSR count). The average molecular weight is 427 g/mol. The van der Waals surface area contributed by atoms with Gasteiger partial charge in [-0.2, -0.15) is 0 Å². The van der Waals surface area contributed by atoms with Crippen LogP contribution in [0.15, 0.2) is 84.9 Å². The second-order valence-electron chi connectivity index (χ2n) is 8.61. The molecule has 0 amide bonds. The normalized spacial score (nSPS) is 18.5. The summed E-state index contributed by atoms with van der Waals surface area (Å²) in [6, 6.07) is 27.5. The molecule has 3 nitrogen and oxygen atoms in total. The van der Waals surface area contributed by atoms with Crippen LogP contribution in [0.2, 0.25) is 0 Å². The molecule has 0 spiro atoms. The maximum atomic E-state index is 11.9. The lowest BCUT2D eigenvalue weighted by Gasteiger charge is -2.32. The van der Waals surface area contributed by atoms with Gasteiger partial charge in [0.2, 0.25) is 0 Å². The van der Waals surface area contributed by atoms with E-state index in [1.165, 1.54) is 0 Å². The average Bonchev–Trinajstić information content (AvgIpc) is 2.85. The molecule has 1 saturated heterocycles. The molecule has 1 heterocycles. The Bertz CT molecular complexity index is 992. The standard InChI is InChI=1S/C29H30O3/c1-3-28(2,32-27-16-10-11-21-31-27)22-23-17-19-26(20-18-23)29(30,24-12-6-4-7-13-24)25-14-8-5-9-15-25/h1,4-9,12-15,17-20,27,30H,10-11,16,21-22H2,2H3. The van der Waals surface area contributed by atoms with Crippen LogP contribution in [-0.4, -0.2) is 23.6 Å². The zero-order valence-electron chi connectivity index (χ0n) is 18.5. The van der Waals surface area contributed by atoms with E-state index in [4.69, 9.17) is 15.9 Å². The van der Waals surface area contributed by atoms with Crippen molar-refractivity contribution in [2.45, 2.75) is 50.1 Å². The van der Waals surface area contributed by atoms with E-state index in [0.717, 1.165) is 48.1 Å². The molecule has 0 aliphatic carbocycles. The first kappa shape index (κ1) is 22.3. The highest BCUT2D eigenvalue weighted by molar-refractivity contribution is 5.47. The Hall–Kier alpha value is -2.90. The fourth-order valence-electron chi connectivity index (χ4n) is 4.33. The Kier molecular flexibility index (Phi) is 6.77. The maximum Gasteiger partial charge on any atom is 0.159 e. The number of rotatable bonds is 7. The number of aliphatic hydroxyl groups is 1. The SMILES string of the molecule is C#CC(C)(Cc1ccc(C(O)(c2ccccc2)c2ccccc2)cc1)OC1CCCCO1. The van der Waals surface area contributed by atoms with E-state index in [-0.39, 0.29) is 6.29 Å². The predicted molar refractivity (Wildman–Crippen MR) is 127 cm³/mol. The minimum Gasteiger partial charge on any atom is -0.376 e. The summed E-state index contributed by atoms with van der Waals surface area (Å²) in [6.45, 7) is 2.65. The lowest BCUT2D eigenvalue weighted by molar-refractivity contribution is -0.203. The fourth-order valence-corrected chi connectivity index (χ4v) is 4.33. The Balaban J connectivity index is 1.60. The van der Waals surface area contributed by atoms with E-state index < -0.39 is 11.2 Å². The molecule has 0 bridgehead atoms. The van der Waals surface area contributed by atoms with E-state index in [9.17, 15) is 5.11 Å². The van der Waals surface area contributed by atoms with Gasteiger partial charge in [0.05, 0.1) is 0 Å². The van der Waals surface area contributed by atoms with E-state index in [1.54, 1.807) is 0 Å². The fraction of sp³-hybridized carbons (Fsp3) is 0.310. The molecule has 1 aliphatic rings. The number of terminal acetylenes is 1. The van der Waals surface area contributed by atoms with Crippen molar-refractivity contribution in [1.82, 2.24) is 0 Å². The number of ether oxygens (including phenoxy) is 2. The second kappa shape index (κ2) is 9.71. The first-order valence-corrected chi connectivity index (χ1v) is 11.2. The lowest BCUT2D eigenvalue weighted by atomic mass is 9.80. The van der Waals surface area contributed by atoms with Crippen molar-refractivity contribution in [3.8, 4) is 12.3 Å². The highest BCUT2D eigenvalue weighted by Crippen LogP contribution is 2.37. The third-order valence-corrected chi connectivity index (χ3v) is 6.13. The molecule has 1 fully saturated rings. The van der Waals surface area contributed by atoms with Crippen LogP contribution in [0, 0.1) is 12.3 Å². The molecule has 0 radical (unpaired) electrons. The van der Waals surface area contributed by atoms with Gasteiger partial charge in [-0.1, -0.05) is 90.8 Å². The van der Waals surface area contributed by atoms with Gasteiger partial charge in [-0.25, -0.2) is 0 Å². The van der Waals surface area contributed by atoms with Gasteiger partial charge in [0, 0.05) is 13.0 Å². The summed E-state index contributed by atoms with van der Waals surface area (Å²) in [5.41, 5.74) is 1.50. The van der Waals surface area contributed by atoms with Crippen LogP contribution in [0.5, 0.6) is 0 Å². The van der Waals surface area contributed by atoms with Crippen molar-refractivity contribution >= 4 is 0 Å². The quantitative estimate of drug-likeness (QED) is 0.403. The Morgan fingerprint density at radius 1 is 0.906 bits per heavy atom. The summed E-state index contributed by atoms with van der Waals surface area (Å²) < 4.78 is 11.9. The molecule has 0 saturated carbocycles. The summed E-state index contributed by atoms with van der Waals surface area (Å²) >= 11 is 0. The predicted octanol–water partition coefficient (Wildman–Crippen LogP) is 5.45. The molecular weight excluding hydrogens is 396 g/mol. The van der Waals surface area contributed by atoms with E-state index >= 15 is 0 Å². The van der Waals surface area contributed by atoms with E-state index in [2.05, 4.69) is 5.92 Å². The Morgan fingerprint density at radius 3 is 1.97 bits per heavy atom. The second-order valence-corrected chi connectivity index (χ2v) is 8.61. The molecule has 3 aromatic rings. The zero-order chi connectivity index (χ0) is 22.4. The van der Waals surface area contributed by atoms with Gasteiger partial charge >= 0.3 is 0 Å². The molecule has 3 heteroatoms. The number of hydrogen-bond donors (Lipinski definition) is 1. The van der Waals surface area contributed by atoms with Gasteiger partial charge in [-0.15, -0.1) is 6.42 Å². The van der Waals surface area contributed by atoms with E-state index in [1.807, 2.05) is 91.9 Å². The van der Waals surface area contributed by atoms with Crippen LogP contribution in [-0.2, 0) is 21.5 Å². The van der Waals surface area contributed by atoms with Crippen LogP contribution in [0.3, 0.4) is 0 Å². The molecule has 164 valence electrons. The molecule has 0 aromatic heterocycles. The zero-order valence-corrected chi connectivity index (χ0v) is 18.5. The van der Waals surface area contributed by atoms with Crippen LogP contribution in [0.1, 0.15) is 48.4 Å². The smallest absolute Gasteiger partial charge is 0.159 e. The monoisotopic (exact) mass is 426 g/mol. The largest absolute Gasteiger partial charge is 0.376 e. The molecule has 3 aromatic carbocycles. The third kappa shape index (κ3) is 4.79. The summed E-state index contributed by atoms with van der Waals surface area (Å²) in [4.78, 5) is 0. The third-order valence-electron chi connectivity index (χ3n) is 6.13. The Labute approximate surface area is 191 Å². The summed E-state index contributed by atoms with van der Waals surface area (Å²) in [5.74, 6) is 2.82. The first-order chi connectivity index (χ1) is 15.5. The number of hydrogen-bond acceptors (Lipinski definition) is 3. The topological polar surface area (TPSA) is 38.7 Å². The van der Waals surface area contributed by atoms with Gasteiger partial charge in [0.25, 0.3) is 0 Å². The van der Waals surface area contributed by atoms with Crippen LogP contribution >= 0.6 is 0 Å². The molecule has 1 aliphatic heterocycles. The summed E-state index contributed by atoms with van der Waals surface area (Å²) in [5, 5.41) is 11.9. The van der Waals surface area contributed by atoms with Gasteiger partial charge in [-0.05, 0) is 48.4 Å². The van der Waals surface area contributed by atoms with Crippen molar-refractivity contribution in [2.75, 3.05) is 6.61 Å². The van der Waals surface area contributed by atoms with Gasteiger partial charge < -0.3 is 14.6 Å². The highest BCUT2D eigenvalue weighted by Gasteiger charge is 2.34. The van der Waals surface area contributed by atoms with Crippen molar-refractivity contribution in [2.24, 2.45) is 0 Å². The van der Waals surface area contributed by atoms with Crippen LogP contribution < -0.4 is 0 Å². The molecular formula is C29H30O3. The molecule has 1 N–H and O–H groups in total. The van der Waals surface area contributed by atoms with Crippen molar-refractivity contribution in [1.29, 1.82) is 0 Å². The minimum absolute atomic E-state index is 0.245. The molecule has 32 heavy (non-hydrogen) atoms.